The average molecular weight is 394 g/mol. The minimum Gasteiger partial charge on any atom is -0.506 e. The molecule has 1 saturated heterocycles. The Kier molecular flexibility index (Phi) is 5.91. The van der Waals surface area contributed by atoms with E-state index < -0.39 is 0 Å². The van der Waals surface area contributed by atoms with Gasteiger partial charge in [0.15, 0.2) is 0 Å². The van der Waals surface area contributed by atoms with E-state index in [4.69, 9.17) is 23.2 Å². The Labute approximate surface area is 163 Å². The summed E-state index contributed by atoms with van der Waals surface area (Å²) in [6.45, 7) is 4.85. The Morgan fingerprint density at radius 3 is 2.31 bits per heavy atom. The van der Waals surface area contributed by atoms with Gasteiger partial charge in [0.1, 0.15) is 5.75 Å². The molecule has 0 bridgehead atoms. The summed E-state index contributed by atoms with van der Waals surface area (Å²) in [5.74, 6) is 0.184. The number of amides is 1. The van der Waals surface area contributed by atoms with Gasteiger partial charge in [-0.2, -0.15) is 0 Å². The second-order valence-electron chi connectivity index (χ2n) is 6.34. The van der Waals surface area contributed by atoms with Gasteiger partial charge in [0.2, 0.25) is 5.91 Å². The van der Waals surface area contributed by atoms with Crippen LogP contribution >= 0.6 is 23.2 Å². The molecule has 1 atom stereocenters. The van der Waals surface area contributed by atoms with Gasteiger partial charge >= 0.3 is 0 Å². The number of nitrogens with zero attached hydrogens (tertiary/aromatic N) is 2. The number of para-hydroxylation sites is 2. The first-order valence-electron chi connectivity index (χ1n) is 8.48. The Hall–Kier alpha value is -1.95. The molecule has 3 rings (SSSR count). The molecule has 0 unspecified atom stereocenters. The summed E-state index contributed by atoms with van der Waals surface area (Å²) in [6, 6.07) is 12.0. The average Bonchev–Trinajstić information content (AvgIpc) is 2.61. The van der Waals surface area contributed by atoms with E-state index in [1.165, 1.54) is 0 Å². The Balaban J connectivity index is 1.58. The van der Waals surface area contributed by atoms with Gasteiger partial charge < -0.3 is 15.3 Å². The molecule has 0 aliphatic carbocycles. The van der Waals surface area contributed by atoms with Crippen LogP contribution < -0.4 is 10.2 Å². The highest BCUT2D eigenvalue weighted by molar-refractivity contribution is 6.35. The molecule has 1 aliphatic heterocycles. The van der Waals surface area contributed by atoms with Gasteiger partial charge in [0, 0.05) is 41.9 Å². The van der Waals surface area contributed by atoms with Crippen LogP contribution in [-0.2, 0) is 4.79 Å². The zero-order chi connectivity index (χ0) is 18.7. The van der Waals surface area contributed by atoms with Crippen molar-refractivity contribution in [3.8, 4) is 5.75 Å². The van der Waals surface area contributed by atoms with Gasteiger partial charge in [-0.05, 0) is 37.3 Å². The number of benzene rings is 2. The summed E-state index contributed by atoms with van der Waals surface area (Å²) >= 11 is 12.0. The van der Waals surface area contributed by atoms with E-state index in [0.29, 0.717) is 15.7 Å². The van der Waals surface area contributed by atoms with Crippen LogP contribution in [-0.4, -0.2) is 48.1 Å². The number of anilines is 2. The molecule has 1 heterocycles. The molecule has 138 valence electrons. The van der Waals surface area contributed by atoms with Crippen LogP contribution in [0.2, 0.25) is 10.0 Å². The van der Waals surface area contributed by atoms with Crippen LogP contribution in [0.4, 0.5) is 11.4 Å². The topological polar surface area (TPSA) is 55.8 Å². The van der Waals surface area contributed by atoms with Crippen molar-refractivity contribution >= 4 is 40.5 Å². The summed E-state index contributed by atoms with van der Waals surface area (Å²) < 4.78 is 0. The third kappa shape index (κ3) is 4.41. The number of hydrogen-bond acceptors (Lipinski definition) is 4. The van der Waals surface area contributed by atoms with E-state index in [9.17, 15) is 9.90 Å². The quantitative estimate of drug-likeness (QED) is 0.827. The van der Waals surface area contributed by atoms with Crippen LogP contribution in [0.3, 0.4) is 0 Å². The molecule has 26 heavy (non-hydrogen) atoms. The number of phenolic OH excluding ortho intramolecular Hbond substituents is 1. The molecule has 0 spiro atoms. The molecule has 2 N–H and O–H groups in total. The second-order valence-corrected chi connectivity index (χ2v) is 7.21. The molecular formula is C19H21Cl2N3O2. The van der Waals surface area contributed by atoms with Gasteiger partial charge in [-0.1, -0.05) is 35.3 Å². The zero-order valence-corrected chi connectivity index (χ0v) is 16.0. The van der Waals surface area contributed by atoms with Crippen molar-refractivity contribution in [3.05, 3.63) is 52.5 Å². The summed E-state index contributed by atoms with van der Waals surface area (Å²) in [5.41, 5.74) is 1.42. The van der Waals surface area contributed by atoms with Gasteiger partial charge in [0.25, 0.3) is 0 Å². The molecule has 0 aromatic heterocycles. The summed E-state index contributed by atoms with van der Waals surface area (Å²) in [4.78, 5) is 16.8. The van der Waals surface area contributed by atoms with Crippen molar-refractivity contribution in [1.82, 2.24) is 4.90 Å². The number of nitrogens with one attached hydrogen (secondary N) is 1. The van der Waals surface area contributed by atoms with Crippen LogP contribution in [0.15, 0.2) is 42.5 Å². The maximum Gasteiger partial charge on any atom is 0.241 e. The number of hydrogen-bond donors (Lipinski definition) is 2. The van der Waals surface area contributed by atoms with Crippen molar-refractivity contribution in [3.63, 3.8) is 0 Å². The van der Waals surface area contributed by atoms with Crippen LogP contribution in [0, 0.1) is 0 Å². The predicted molar refractivity (Wildman–Crippen MR) is 106 cm³/mol. The summed E-state index contributed by atoms with van der Waals surface area (Å²) in [6.07, 6.45) is 0. The molecular weight excluding hydrogens is 373 g/mol. The SMILES string of the molecule is C[C@H](C(=O)Nc1cc(Cl)cc(Cl)c1)N1CCN(c2ccccc2O)CC1. The smallest absolute Gasteiger partial charge is 0.241 e. The lowest BCUT2D eigenvalue weighted by Crippen LogP contribution is -2.52. The standard InChI is InChI=1S/C19H21Cl2N3O2/c1-13(19(26)22-16-11-14(20)10-15(21)12-16)23-6-8-24(9-7-23)17-4-2-3-5-18(17)25/h2-5,10-13,25H,6-9H2,1H3,(H,22,26)/t13-/m1/s1. The van der Waals surface area contributed by atoms with E-state index in [2.05, 4.69) is 15.1 Å². The number of phenols is 1. The molecule has 1 fully saturated rings. The van der Waals surface area contributed by atoms with E-state index >= 15 is 0 Å². The normalized spacial score (nSPS) is 16.3. The number of halogens is 2. The number of rotatable bonds is 4. The first-order valence-corrected chi connectivity index (χ1v) is 9.23. The number of aromatic hydroxyl groups is 1. The van der Waals surface area contributed by atoms with E-state index in [1.54, 1.807) is 24.3 Å². The monoisotopic (exact) mass is 393 g/mol. The Bertz CT molecular complexity index is 772. The third-order valence-electron chi connectivity index (χ3n) is 4.59. The lowest BCUT2D eigenvalue weighted by atomic mass is 10.2. The van der Waals surface area contributed by atoms with Gasteiger partial charge in [0.05, 0.1) is 11.7 Å². The molecule has 0 saturated carbocycles. The van der Waals surface area contributed by atoms with Crippen LogP contribution in [0.25, 0.3) is 0 Å². The number of carbonyl (C=O) groups excluding carboxylic acids is 1. The first kappa shape index (κ1) is 18.8. The predicted octanol–water partition coefficient (Wildman–Crippen LogP) is 3.85. The number of carbonyl (C=O) groups is 1. The lowest BCUT2D eigenvalue weighted by molar-refractivity contribution is -0.120. The van der Waals surface area contributed by atoms with E-state index in [0.717, 1.165) is 31.9 Å². The highest BCUT2D eigenvalue weighted by Crippen LogP contribution is 2.27. The molecule has 2 aromatic rings. The van der Waals surface area contributed by atoms with E-state index in [1.807, 2.05) is 25.1 Å². The molecule has 1 aliphatic rings. The summed E-state index contributed by atoms with van der Waals surface area (Å²) in [5, 5.41) is 13.8. The van der Waals surface area contributed by atoms with Crippen molar-refractivity contribution in [2.24, 2.45) is 0 Å². The van der Waals surface area contributed by atoms with Crippen molar-refractivity contribution in [2.45, 2.75) is 13.0 Å². The minimum atomic E-state index is -0.278. The molecule has 0 radical (unpaired) electrons. The largest absolute Gasteiger partial charge is 0.506 e. The van der Waals surface area contributed by atoms with Crippen molar-refractivity contribution in [2.75, 3.05) is 36.4 Å². The molecule has 2 aromatic carbocycles. The highest BCUT2D eigenvalue weighted by atomic mass is 35.5. The number of piperazine rings is 1. The van der Waals surface area contributed by atoms with Crippen molar-refractivity contribution in [1.29, 1.82) is 0 Å². The van der Waals surface area contributed by atoms with Gasteiger partial charge in [-0.3, -0.25) is 9.69 Å². The lowest BCUT2D eigenvalue weighted by Gasteiger charge is -2.38. The minimum absolute atomic E-state index is 0.0978. The maximum atomic E-state index is 12.5. The fourth-order valence-corrected chi connectivity index (χ4v) is 3.65. The van der Waals surface area contributed by atoms with Gasteiger partial charge in [-0.25, -0.2) is 0 Å². The molecule has 7 heteroatoms. The second kappa shape index (κ2) is 8.16. The maximum absolute atomic E-state index is 12.5. The fourth-order valence-electron chi connectivity index (χ4n) is 3.12. The van der Waals surface area contributed by atoms with Crippen LogP contribution in [0.1, 0.15) is 6.92 Å². The summed E-state index contributed by atoms with van der Waals surface area (Å²) in [7, 11) is 0. The molecule has 5 nitrogen and oxygen atoms in total. The third-order valence-corrected chi connectivity index (χ3v) is 5.03. The van der Waals surface area contributed by atoms with Crippen LogP contribution in [0.5, 0.6) is 5.75 Å². The van der Waals surface area contributed by atoms with Gasteiger partial charge in [-0.15, -0.1) is 0 Å². The Morgan fingerprint density at radius 1 is 1.08 bits per heavy atom. The van der Waals surface area contributed by atoms with Crippen molar-refractivity contribution < 1.29 is 9.90 Å². The molecule has 1 amide bonds. The highest BCUT2D eigenvalue weighted by Gasteiger charge is 2.26. The van der Waals surface area contributed by atoms with E-state index in [-0.39, 0.29) is 17.7 Å². The fraction of sp³-hybridized carbons (Fsp3) is 0.316. The Morgan fingerprint density at radius 2 is 1.69 bits per heavy atom. The zero-order valence-electron chi connectivity index (χ0n) is 14.5. The first-order chi connectivity index (χ1) is 12.4.